The van der Waals surface area contributed by atoms with Crippen LogP contribution < -0.4 is 21.3 Å². The van der Waals surface area contributed by atoms with E-state index < -0.39 is 116 Å². The number of aliphatic hydroxyl groups is 4. The SMILES string of the molecule is CC[C@H](C)[C@@H]([C@@H](CC(=O)N1CCC[C@H]1[C@H](OC)[C@@H](C)C(=O)N[C@H](C)[C@@H](O)c1ccccc1)OC)N(C)C(=O)[C@@H](CC(=O)[C@H](C(C)C)N(C)C(=O)OCc1cc(NC(=O)COCCOCCOCCOCCON)ccc1OC1OC(OC=O)C(O)C(O)C1O)C(C)C. The predicted molar refractivity (Wildman–Crippen MR) is 333 cm³/mol. The van der Waals surface area contributed by atoms with E-state index in [0.717, 1.165) is 4.90 Å². The molecule has 0 radical (unpaired) electrons. The van der Waals surface area contributed by atoms with Gasteiger partial charge in [0, 0.05) is 58.4 Å². The average Bonchev–Trinajstić information content (AvgIpc) is 1.35. The maximum Gasteiger partial charge on any atom is 0.410 e. The number of likely N-dealkylation sites (tertiary alicyclic amines) is 1. The van der Waals surface area contributed by atoms with Crippen LogP contribution >= 0.6 is 0 Å². The van der Waals surface area contributed by atoms with Crippen LogP contribution in [-0.2, 0) is 82.8 Å². The number of nitrogens with two attached hydrogens (primary N) is 1. The fraction of sp³-hybridized carbons (Fsp3) is 0.703. The summed E-state index contributed by atoms with van der Waals surface area (Å²) < 4.78 is 55.7. The maximum atomic E-state index is 15.0. The number of anilines is 1. The van der Waals surface area contributed by atoms with Gasteiger partial charge in [0.05, 0.1) is 108 Å². The molecule has 2 saturated heterocycles. The van der Waals surface area contributed by atoms with Crippen molar-refractivity contribution in [3.63, 3.8) is 0 Å². The lowest BCUT2D eigenvalue weighted by atomic mass is 9.83. The molecule has 520 valence electrons. The number of aliphatic hydroxyl groups excluding tert-OH is 4. The third-order valence-electron chi connectivity index (χ3n) is 16.8. The number of ketones is 1. The van der Waals surface area contributed by atoms with Gasteiger partial charge in [0.2, 0.25) is 36.2 Å². The van der Waals surface area contributed by atoms with Crippen LogP contribution in [0.4, 0.5) is 10.5 Å². The van der Waals surface area contributed by atoms with Crippen LogP contribution in [0, 0.1) is 29.6 Å². The Kier molecular flexibility index (Phi) is 34.4. The molecule has 4 rings (SSSR count). The van der Waals surface area contributed by atoms with Gasteiger partial charge >= 0.3 is 6.09 Å². The number of benzene rings is 2. The molecule has 5 amide bonds. The second-order valence-electron chi connectivity index (χ2n) is 23.9. The fourth-order valence-electron chi connectivity index (χ4n) is 11.5. The zero-order valence-electron chi connectivity index (χ0n) is 55.4. The number of likely N-dealkylation sites (N-methyl/N-ethyl adjacent to an activating group) is 2. The third-order valence-corrected chi connectivity index (χ3v) is 16.8. The van der Waals surface area contributed by atoms with Crippen molar-refractivity contribution in [3.8, 4) is 5.75 Å². The number of rotatable bonds is 42. The van der Waals surface area contributed by atoms with Crippen molar-refractivity contribution in [2.75, 3.05) is 99.6 Å². The Balaban J connectivity index is 1.46. The summed E-state index contributed by atoms with van der Waals surface area (Å²) in [6.07, 6.45) is -11.0. The van der Waals surface area contributed by atoms with Crippen LogP contribution in [0.3, 0.4) is 0 Å². The summed E-state index contributed by atoms with van der Waals surface area (Å²) in [5.74, 6) is 0.259. The Morgan fingerprint density at radius 2 is 1.40 bits per heavy atom. The molecule has 0 saturated carbocycles. The first-order valence-corrected chi connectivity index (χ1v) is 31.5. The molecular weight excluding hydrogens is 1200 g/mol. The molecule has 92 heavy (non-hydrogen) atoms. The minimum Gasteiger partial charge on any atom is -0.461 e. The Bertz CT molecular complexity index is 2570. The fourth-order valence-corrected chi connectivity index (χ4v) is 11.5. The van der Waals surface area contributed by atoms with Crippen LogP contribution in [0.25, 0.3) is 0 Å². The Morgan fingerprint density at radius 1 is 0.783 bits per heavy atom. The van der Waals surface area contributed by atoms with E-state index in [4.69, 9.17) is 53.3 Å². The van der Waals surface area contributed by atoms with Crippen molar-refractivity contribution in [2.24, 2.45) is 35.5 Å². The largest absolute Gasteiger partial charge is 0.461 e. The van der Waals surface area contributed by atoms with Gasteiger partial charge in [0.15, 0.2) is 5.78 Å². The molecule has 2 aromatic rings. The van der Waals surface area contributed by atoms with Crippen molar-refractivity contribution in [2.45, 2.75) is 167 Å². The number of nitrogens with one attached hydrogen (secondary N) is 2. The highest BCUT2D eigenvalue weighted by Crippen LogP contribution is 2.33. The van der Waals surface area contributed by atoms with Crippen LogP contribution in [0.5, 0.6) is 5.75 Å². The van der Waals surface area contributed by atoms with Gasteiger partial charge in [0.25, 0.3) is 6.47 Å². The third kappa shape index (κ3) is 23.2. The molecule has 0 spiro atoms. The first-order chi connectivity index (χ1) is 43.9. The van der Waals surface area contributed by atoms with E-state index in [9.17, 15) is 54.0 Å². The Labute approximate surface area is 540 Å². The van der Waals surface area contributed by atoms with E-state index in [1.54, 1.807) is 56.7 Å². The molecule has 15 atom stereocenters. The number of Topliss-reactive ketones (excluding diaryl/α,β-unsaturated/α-hetero) is 1. The smallest absolute Gasteiger partial charge is 0.410 e. The lowest BCUT2D eigenvalue weighted by Gasteiger charge is -2.41. The average molecular weight is 1310 g/mol. The van der Waals surface area contributed by atoms with Crippen LogP contribution in [0.1, 0.15) is 105 Å². The summed E-state index contributed by atoms with van der Waals surface area (Å²) in [7, 11) is 6.02. The summed E-state index contributed by atoms with van der Waals surface area (Å²) >= 11 is 0. The number of amides is 5. The first kappa shape index (κ1) is 78.5. The van der Waals surface area contributed by atoms with Crippen molar-refractivity contribution >= 4 is 47.7 Å². The van der Waals surface area contributed by atoms with Crippen LogP contribution in [-0.4, -0.2) is 239 Å². The van der Waals surface area contributed by atoms with Gasteiger partial charge in [-0.05, 0) is 61.3 Å². The second kappa shape index (κ2) is 40.3. The van der Waals surface area contributed by atoms with Crippen molar-refractivity contribution in [3.05, 3.63) is 59.7 Å². The minimum atomic E-state index is -1.89. The zero-order chi connectivity index (χ0) is 68.2. The quantitative estimate of drug-likeness (QED) is 0.0285. The maximum absolute atomic E-state index is 15.0. The number of nitrogens with zero attached hydrogens (tertiary/aromatic N) is 3. The number of ether oxygens (including phenoxy) is 10. The summed E-state index contributed by atoms with van der Waals surface area (Å²) in [6.45, 7) is 16.1. The molecule has 28 nitrogen and oxygen atoms in total. The number of methoxy groups -OCH3 is 2. The van der Waals surface area contributed by atoms with Crippen LogP contribution in [0.2, 0.25) is 0 Å². The van der Waals surface area contributed by atoms with E-state index in [-0.39, 0.29) is 98.9 Å². The monoisotopic (exact) mass is 1310 g/mol. The van der Waals surface area contributed by atoms with Crippen molar-refractivity contribution in [1.29, 1.82) is 0 Å². The molecule has 2 aliphatic rings. The molecule has 0 bridgehead atoms. The van der Waals surface area contributed by atoms with Crippen LogP contribution in [0.15, 0.2) is 48.5 Å². The summed E-state index contributed by atoms with van der Waals surface area (Å²) in [5.41, 5.74) is 0.920. The van der Waals surface area contributed by atoms with E-state index in [1.807, 2.05) is 45.9 Å². The molecule has 2 heterocycles. The normalized spacial score (nSPS) is 21.2. The molecule has 5 unspecified atom stereocenters. The highest BCUT2D eigenvalue weighted by Gasteiger charge is 2.47. The summed E-state index contributed by atoms with van der Waals surface area (Å²) in [4.78, 5) is 105. The molecule has 28 heteroatoms. The van der Waals surface area contributed by atoms with E-state index >= 15 is 0 Å². The predicted octanol–water partition coefficient (Wildman–Crippen LogP) is 2.88. The van der Waals surface area contributed by atoms with Crippen molar-refractivity contribution in [1.82, 2.24) is 20.0 Å². The number of hydrogen-bond acceptors (Lipinski definition) is 23. The topological polar surface area (TPSA) is 362 Å². The summed E-state index contributed by atoms with van der Waals surface area (Å²) in [6, 6.07) is 10.4. The van der Waals surface area contributed by atoms with E-state index in [0.29, 0.717) is 57.8 Å². The van der Waals surface area contributed by atoms with Crippen molar-refractivity contribution < 1.29 is 106 Å². The molecule has 0 aromatic heterocycles. The van der Waals surface area contributed by atoms with E-state index in [2.05, 4.69) is 15.5 Å². The number of carbonyl (C=O) groups excluding carboxylic acids is 7. The minimum absolute atomic E-state index is 0.0233. The Morgan fingerprint density at radius 3 is 1.98 bits per heavy atom. The first-order valence-electron chi connectivity index (χ1n) is 31.5. The highest BCUT2D eigenvalue weighted by molar-refractivity contribution is 5.93. The Hall–Kier alpha value is -5.99. The van der Waals surface area contributed by atoms with Gasteiger partial charge in [-0.1, -0.05) is 85.2 Å². The molecule has 2 fully saturated rings. The van der Waals surface area contributed by atoms with Gasteiger partial charge in [-0.3, -0.25) is 33.5 Å². The molecule has 2 aromatic carbocycles. The highest BCUT2D eigenvalue weighted by atomic mass is 16.8. The van der Waals surface area contributed by atoms with E-state index in [1.165, 1.54) is 39.5 Å². The van der Waals surface area contributed by atoms with Gasteiger partial charge in [-0.15, -0.1) is 0 Å². The summed E-state index contributed by atoms with van der Waals surface area (Å²) in [5, 5.41) is 48.4. The molecule has 2 aliphatic heterocycles. The number of hydrogen-bond donors (Lipinski definition) is 7. The molecule has 0 aliphatic carbocycles. The van der Waals surface area contributed by atoms with Gasteiger partial charge in [-0.2, -0.15) is 0 Å². The standard InChI is InChI=1S/C64H102N6O22/c1-13-40(6)54(50(82-11)34-52(74)70-23-17-20-47(70)59(83-12)41(7)60(79)66-42(8)55(75)43-18-15-14-16-19-43)68(9)61(80)46(38(2)3)33-48(72)53(39(4)5)69(10)64(81)88-35-44-32-45(21-22-49(44)91-63-58(78)56(76)57(77)62(92-63)89-37-71)67-51(73)36-87-29-28-85-25-24-84-26-27-86-30-31-90-65/h14-16,18-19,21-22,32,37-42,46-47,50,53-59,62-63,75-78H,13,17,20,23-31,33-36,65H2,1-12H3,(H,66,79)(H,67,73)/t40-,41+,42+,46-,47-,50+,53-,54-,55+,56?,57?,58?,59+,62?,63?/m0/s1. The lowest BCUT2D eigenvalue weighted by molar-refractivity contribution is -0.321. The van der Waals surface area contributed by atoms with Gasteiger partial charge in [-0.25, -0.2) is 10.7 Å². The van der Waals surface area contributed by atoms with Gasteiger partial charge in [0.1, 0.15) is 37.3 Å². The number of carbonyl (C=O) groups is 7. The molecular formula is C64H102N6O22. The molecule has 8 N–H and O–H groups in total. The second-order valence-corrected chi connectivity index (χ2v) is 23.9. The van der Waals surface area contributed by atoms with Gasteiger partial charge < -0.3 is 93.2 Å². The lowest BCUT2D eigenvalue weighted by Crippen LogP contribution is -2.59. The zero-order valence-corrected chi connectivity index (χ0v) is 55.4.